The van der Waals surface area contributed by atoms with E-state index in [-0.39, 0.29) is 31.8 Å². The summed E-state index contributed by atoms with van der Waals surface area (Å²) >= 11 is 13.0. The van der Waals surface area contributed by atoms with Crippen molar-refractivity contribution in [3.05, 3.63) is 27.9 Å². The monoisotopic (exact) mass is 618 g/mol. The maximum absolute atomic E-state index is 14.1. The minimum atomic E-state index is -3.94. The summed E-state index contributed by atoms with van der Waals surface area (Å²) in [4.78, 5) is 17.5. The van der Waals surface area contributed by atoms with Crippen molar-refractivity contribution in [2.24, 2.45) is 5.92 Å². The third kappa shape index (κ3) is 7.05. The minimum Gasteiger partial charge on any atom is -0.444 e. The number of likely N-dealkylation sites (tertiary alicyclic amines) is 1. The predicted molar refractivity (Wildman–Crippen MR) is 160 cm³/mol. The number of nitrogens with one attached hydrogen (secondary N) is 1. The van der Waals surface area contributed by atoms with E-state index in [4.69, 9.17) is 32.7 Å². The Balaban J connectivity index is 1.61. The SMILES string of the molecule is CC(C)(C)OC(=O)N1CCCC(CN2Cc3cc(Cl)c4c(Cl)c[nH]c4c3N(COCC[Si](C)(C)C)S2(=O)=O)C1. The summed E-state index contributed by atoms with van der Waals surface area (Å²) in [6.45, 7) is 14.1. The average molecular weight is 620 g/mol. The van der Waals surface area contributed by atoms with E-state index in [1.807, 2.05) is 20.8 Å². The van der Waals surface area contributed by atoms with Gasteiger partial charge in [-0.3, -0.25) is 0 Å². The fourth-order valence-corrected chi connectivity index (χ4v) is 8.03. The number of carbonyl (C=O) groups is 1. The van der Waals surface area contributed by atoms with Gasteiger partial charge in [0.1, 0.15) is 12.3 Å². The van der Waals surface area contributed by atoms with Crippen LogP contribution in [0.25, 0.3) is 10.9 Å². The number of ether oxygens (including phenoxy) is 2. The van der Waals surface area contributed by atoms with Crippen LogP contribution in [0.3, 0.4) is 0 Å². The molecule has 2 aliphatic rings. The number of H-pyrrole nitrogens is 1. The van der Waals surface area contributed by atoms with Crippen molar-refractivity contribution in [3.8, 4) is 0 Å². The van der Waals surface area contributed by atoms with Gasteiger partial charge in [-0.2, -0.15) is 12.7 Å². The molecule has 1 amide bonds. The summed E-state index contributed by atoms with van der Waals surface area (Å²) in [7, 11) is -5.30. The fourth-order valence-electron chi connectivity index (χ4n) is 5.02. The molecular weight excluding hydrogens is 579 g/mol. The molecule has 0 spiro atoms. The Morgan fingerprint density at radius 3 is 2.59 bits per heavy atom. The van der Waals surface area contributed by atoms with E-state index in [1.54, 1.807) is 17.2 Å². The highest BCUT2D eigenvalue weighted by atomic mass is 35.5. The van der Waals surface area contributed by atoms with Gasteiger partial charge in [0.15, 0.2) is 0 Å². The van der Waals surface area contributed by atoms with E-state index in [0.29, 0.717) is 46.3 Å². The summed E-state index contributed by atoms with van der Waals surface area (Å²) < 4.78 is 42.5. The maximum atomic E-state index is 14.1. The Kier molecular flexibility index (Phi) is 8.91. The minimum absolute atomic E-state index is 0.0311. The molecule has 4 rings (SSSR count). The molecule has 13 heteroatoms. The van der Waals surface area contributed by atoms with Gasteiger partial charge < -0.3 is 19.4 Å². The van der Waals surface area contributed by atoms with Gasteiger partial charge in [-0.15, -0.1) is 0 Å². The summed E-state index contributed by atoms with van der Waals surface area (Å²) in [5.74, 6) is -0.0311. The Morgan fingerprint density at radius 1 is 1.21 bits per heavy atom. The highest BCUT2D eigenvalue weighted by Crippen LogP contribution is 2.43. The van der Waals surface area contributed by atoms with E-state index in [1.165, 1.54) is 8.61 Å². The quantitative estimate of drug-likeness (QED) is 0.290. The van der Waals surface area contributed by atoms with Crippen LogP contribution in [0, 0.1) is 5.92 Å². The van der Waals surface area contributed by atoms with E-state index in [0.717, 1.165) is 24.4 Å². The Bertz CT molecular complexity index is 1320. The molecule has 218 valence electrons. The van der Waals surface area contributed by atoms with Crippen LogP contribution in [0.2, 0.25) is 35.7 Å². The smallest absolute Gasteiger partial charge is 0.410 e. The van der Waals surface area contributed by atoms with E-state index in [9.17, 15) is 13.2 Å². The molecule has 1 atom stereocenters. The van der Waals surface area contributed by atoms with Crippen LogP contribution < -0.4 is 4.31 Å². The lowest BCUT2D eigenvalue weighted by Gasteiger charge is -2.40. The van der Waals surface area contributed by atoms with Crippen molar-refractivity contribution in [1.82, 2.24) is 14.2 Å². The molecule has 1 fully saturated rings. The zero-order valence-corrected chi connectivity index (χ0v) is 27.0. The molecule has 1 saturated heterocycles. The number of aromatic nitrogens is 1. The van der Waals surface area contributed by atoms with Crippen molar-refractivity contribution >= 4 is 64.2 Å². The van der Waals surface area contributed by atoms with Crippen molar-refractivity contribution < 1.29 is 22.7 Å². The number of benzene rings is 1. The van der Waals surface area contributed by atoms with Gasteiger partial charge in [-0.05, 0) is 57.2 Å². The zero-order chi connectivity index (χ0) is 28.8. The number of fused-ring (bicyclic) bond motifs is 3. The standard InChI is InChI=1S/C26H40Cl2N4O5SSi/c1-26(2,3)37-25(33)30-9-7-8-18(14-30)15-31-16-19-12-20(27)22-21(28)13-29-23(22)24(19)32(38(31,34)35)17-36-10-11-39(4,5)6/h12-13,18,29H,7-11,14-17H2,1-6H3. The Hall–Kier alpha value is -1.50. The number of anilines is 1. The second-order valence-corrected chi connectivity index (χ2v) is 21.0. The second kappa shape index (κ2) is 11.4. The number of nitrogens with zero attached hydrogens (tertiary/aromatic N) is 3. The lowest BCUT2D eigenvalue weighted by atomic mass is 9.98. The number of halogens is 2. The second-order valence-electron chi connectivity index (χ2n) is 12.7. The van der Waals surface area contributed by atoms with Crippen molar-refractivity contribution in [1.29, 1.82) is 0 Å². The number of amides is 1. The van der Waals surface area contributed by atoms with Crippen LogP contribution >= 0.6 is 23.2 Å². The first-order valence-corrected chi connectivity index (χ1v) is 19.2. The topological polar surface area (TPSA) is 95.2 Å². The first-order chi connectivity index (χ1) is 18.1. The molecule has 2 aromatic rings. The van der Waals surface area contributed by atoms with Crippen LogP contribution in [0.15, 0.2) is 12.3 Å². The number of aromatic amines is 1. The summed E-state index contributed by atoms with van der Waals surface area (Å²) in [6, 6.07) is 2.72. The van der Waals surface area contributed by atoms with Crippen LogP contribution in [0.1, 0.15) is 39.2 Å². The third-order valence-corrected chi connectivity index (χ3v) is 11.0. The van der Waals surface area contributed by atoms with Gasteiger partial charge in [0, 0.05) is 52.4 Å². The molecule has 39 heavy (non-hydrogen) atoms. The van der Waals surface area contributed by atoms with Crippen LogP contribution in [-0.4, -0.2) is 75.3 Å². The van der Waals surface area contributed by atoms with Crippen molar-refractivity contribution in [3.63, 3.8) is 0 Å². The molecule has 2 aliphatic heterocycles. The summed E-state index contributed by atoms with van der Waals surface area (Å²) in [6.07, 6.45) is 2.85. The maximum Gasteiger partial charge on any atom is 0.410 e. The summed E-state index contributed by atoms with van der Waals surface area (Å²) in [5, 5.41) is 1.48. The van der Waals surface area contributed by atoms with E-state index < -0.39 is 23.9 Å². The number of hydrogen-bond acceptors (Lipinski definition) is 5. The normalized spacial score (nSPS) is 20.4. The van der Waals surface area contributed by atoms with Crippen molar-refractivity contribution in [2.45, 2.75) is 71.4 Å². The van der Waals surface area contributed by atoms with Gasteiger partial charge in [-0.25, -0.2) is 9.10 Å². The van der Waals surface area contributed by atoms with E-state index in [2.05, 4.69) is 24.6 Å². The molecule has 3 heterocycles. The highest BCUT2D eigenvalue weighted by molar-refractivity contribution is 7.90. The number of carbonyl (C=O) groups excluding carboxylic acids is 1. The first-order valence-electron chi connectivity index (χ1n) is 13.4. The largest absolute Gasteiger partial charge is 0.444 e. The van der Waals surface area contributed by atoms with E-state index >= 15 is 0 Å². The molecule has 0 bridgehead atoms. The van der Waals surface area contributed by atoms with Crippen LogP contribution in [0.4, 0.5) is 10.5 Å². The highest BCUT2D eigenvalue weighted by Gasteiger charge is 2.41. The molecule has 9 nitrogen and oxygen atoms in total. The molecule has 0 aliphatic carbocycles. The lowest BCUT2D eigenvalue weighted by molar-refractivity contribution is 0.0156. The Labute approximate surface area is 242 Å². The summed E-state index contributed by atoms with van der Waals surface area (Å²) in [5.41, 5.74) is 1.28. The van der Waals surface area contributed by atoms with Crippen molar-refractivity contribution in [2.75, 3.05) is 37.3 Å². The molecule has 0 saturated carbocycles. The van der Waals surface area contributed by atoms with Gasteiger partial charge in [0.05, 0.1) is 21.2 Å². The van der Waals surface area contributed by atoms with Gasteiger partial charge >= 0.3 is 16.3 Å². The first kappa shape index (κ1) is 30.5. The van der Waals surface area contributed by atoms with Gasteiger partial charge in [0.25, 0.3) is 0 Å². The number of hydrogen-bond donors (Lipinski definition) is 1. The number of piperidine rings is 1. The Morgan fingerprint density at radius 2 is 1.92 bits per heavy atom. The molecule has 1 aromatic heterocycles. The van der Waals surface area contributed by atoms with Crippen LogP contribution in [0.5, 0.6) is 0 Å². The molecule has 1 unspecified atom stereocenters. The lowest BCUT2D eigenvalue weighted by Crippen LogP contribution is -2.52. The molecule has 1 N–H and O–H groups in total. The predicted octanol–water partition coefficient (Wildman–Crippen LogP) is 6.30. The molecule has 1 aromatic carbocycles. The molecular formula is C26H40Cl2N4O5SSi. The molecule has 0 radical (unpaired) electrons. The van der Waals surface area contributed by atoms with Gasteiger partial charge in [-0.1, -0.05) is 42.8 Å². The average Bonchev–Trinajstić information content (AvgIpc) is 3.19. The zero-order valence-electron chi connectivity index (χ0n) is 23.6. The fraction of sp³-hybridized carbons (Fsp3) is 0.654. The van der Waals surface area contributed by atoms with Gasteiger partial charge in [0.2, 0.25) is 0 Å². The number of rotatable bonds is 7. The third-order valence-electron chi connectivity index (χ3n) is 6.95. The van der Waals surface area contributed by atoms with Crippen LogP contribution in [-0.2, 0) is 26.2 Å².